The highest BCUT2D eigenvalue weighted by molar-refractivity contribution is 8.03. The fourth-order valence-corrected chi connectivity index (χ4v) is 3.58. The van der Waals surface area contributed by atoms with Crippen molar-refractivity contribution in [1.82, 2.24) is 25.5 Å². The second-order valence-corrected chi connectivity index (χ2v) is 7.60. The molecule has 0 saturated carbocycles. The monoisotopic (exact) mass is 330 g/mol. The predicted octanol–water partition coefficient (Wildman–Crippen LogP) is 3.37. The summed E-state index contributed by atoms with van der Waals surface area (Å²) in [6.45, 7) is 8.72. The summed E-state index contributed by atoms with van der Waals surface area (Å²) in [4.78, 5) is 2.33. The molecule has 0 amide bonds. The lowest BCUT2D eigenvalue weighted by Gasteiger charge is -2.37. The average Bonchev–Trinajstić information content (AvgIpc) is 3.18. The van der Waals surface area contributed by atoms with Crippen LogP contribution in [0.3, 0.4) is 0 Å². The molecule has 3 rings (SSSR count). The third kappa shape index (κ3) is 3.50. The van der Waals surface area contributed by atoms with Crippen molar-refractivity contribution < 1.29 is 0 Å². The van der Waals surface area contributed by atoms with Crippen molar-refractivity contribution in [2.24, 2.45) is 0 Å². The van der Waals surface area contributed by atoms with E-state index in [0.717, 1.165) is 5.69 Å². The molecule has 0 fully saturated rings. The van der Waals surface area contributed by atoms with Gasteiger partial charge in [0.15, 0.2) is 11.3 Å². The van der Waals surface area contributed by atoms with Gasteiger partial charge < -0.3 is 10.2 Å². The number of hydrogen-bond donors (Lipinski definition) is 2. The molecule has 1 aliphatic rings. The summed E-state index contributed by atoms with van der Waals surface area (Å²) in [6.07, 6.45) is 2.15. The summed E-state index contributed by atoms with van der Waals surface area (Å²) in [5.41, 5.74) is 2.58. The number of nitrogens with one attached hydrogen (secondary N) is 2. The Kier molecular flexibility index (Phi) is 4.30. The third-order valence-electron chi connectivity index (χ3n) is 3.91. The van der Waals surface area contributed by atoms with Gasteiger partial charge in [0.25, 0.3) is 0 Å². The number of aromatic nitrogens is 4. The Morgan fingerprint density at radius 3 is 2.61 bits per heavy atom. The molecule has 23 heavy (non-hydrogen) atoms. The zero-order valence-corrected chi connectivity index (χ0v) is 14.6. The van der Waals surface area contributed by atoms with Crippen LogP contribution in [0.2, 0.25) is 0 Å². The van der Waals surface area contributed by atoms with Gasteiger partial charge >= 0.3 is 0 Å². The largest absolute Gasteiger partial charge is 0.356 e. The molecule has 0 aliphatic carbocycles. The second kappa shape index (κ2) is 6.23. The summed E-state index contributed by atoms with van der Waals surface area (Å²) in [5.74, 6) is 0.830. The van der Waals surface area contributed by atoms with Crippen molar-refractivity contribution in [2.75, 3.05) is 5.32 Å². The fourth-order valence-electron chi connectivity index (χ4n) is 2.51. The number of H-pyrrole nitrogens is 1. The number of tetrazole rings is 1. The van der Waals surface area contributed by atoms with Gasteiger partial charge in [-0.25, -0.2) is 0 Å². The fraction of sp³-hybridized carbons (Fsp3) is 0.438. The lowest BCUT2D eigenvalue weighted by atomic mass is 10.0. The van der Waals surface area contributed by atoms with Crippen molar-refractivity contribution in [1.29, 1.82) is 0 Å². The molecular formula is C16H22N6S. The Morgan fingerprint density at radius 2 is 2.00 bits per heavy atom. The minimum Gasteiger partial charge on any atom is -0.356 e. The van der Waals surface area contributed by atoms with Crippen LogP contribution in [0.25, 0.3) is 0 Å². The summed E-state index contributed by atoms with van der Waals surface area (Å²) >= 11 is 1.78. The van der Waals surface area contributed by atoms with Crippen LogP contribution < -0.4 is 5.32 Å². The maximum atomic E-state index is 4.05. The van der Waals surface area contributed by atoms with Crippen molar-refractivity contribution >= 4 is 17.4 Å². The topological polar surface area (TPSA) is 69.7 Å². The number of thioether (sulfide) groups is 1. The van der Waals surface area contributed by atoms with Crippen LogP contribution in [0.15, 0.2) is 35.9 Å². The molecule has 2 heterocycles. The lowest BCUT2D eigenvalue weighted by Crippen LogP contribution is -2.44. The SMILES string of the molecule is CC(c1ccc(NC2SC=CN2C(C)(C)C)cc1)c1nn[nH]n1. The molecule has 0 saturated heterocycles. The standard InChI is InChI=1S/C16H22N6S/c1-11(14-18-20-21-19-14)12-5-7-13(8-6-12)17-15-22(9-10-23-15)16(2,3)4/h5-11,15,17H,1-4H3,(H,18,19,20,21). The van der Waals surface area contributed by atoms with Crippen LogP contribution in [0.4, 0.5) is 5.69 Å². The van der Waals surface area contributed by atoms with E-state index in [4.69, 9.17) is 0 Å². The summed E-state index contributed by atoms with van der Waals surface area (Å²) in [7, 11) is 0. The minimum atomic E-state index is 0.0880. The number of aromatic amines is 1. The van der Waals surface area contributed by atoms with E-state index in [0.29, 0.717) is 5.82 Å². The van der Waals surface area contributed by atoms with Gasteiger partial charge in [0.05, 0.1) is 0 Å². The van der Waals surface area contributed by atoms with E-state index in [-0.39, 0.29) is 17.0 Å². The number of nitrogens with zero attached hydrogens (tertiary/aromatic N) is 4. The van der Waals surface area contributed by atoms with E-state index in [1.807, 2.05) is 0 Å². The van der Waals surface area contributed by atoms with E-state index < -0.39 is 0 Å². The van der Waals surface area contributed by atoms with E-state index in [2.05, 4.69) is 94.4 Å². The molecule has 0 spiro atoms. The Hall–Kier alpha value is -2.02. The van der Waals surface area contributed by atoms with E-state index in [9.17, 15) is 0 Å². The Balaban J connectivity index is 1.68. The predicted molar refractivity (Wildman–Crippen MR) is 93.9 cm³/mol. The quantitative estimate of drug-likeness (QED) is 0.896. The molecule has 2 aromatic rings. The summed E-state index contributed by atoms with van der Waals surface area (Å²) in [5, 5.41) is 19.9. The van der Waals surface area contributed by atoms with Crippen molar-refractivity contribution in [3.05, 3.63) is 47.3 Å². The van der Waals surface area contributed by atoms with E-state index in [1.165, 1.54) is 5.56 Å². The molecule has 7 heteroatoms. The smallest absolute Gasteiger partial charge is 0.181 e. The highest BCUT2D eigenvalue weighted by Gasteiger charge is 2.29. The van der Waals surface area contributed by atoms with Crippen molar-refractivity contribution in [3.63, 3.8) is 0 Å². The molecule has 6 nitrogen and oxygen atoms in total. The van der Waals surface area contributed by atoms with Gasteiger partial charge in [-0.1, -0.05) is 36.0 Å². The van der Waals surface area contributed by atoms with Gasteiger partial charge in [-0.15, -0.1) is 10.2 Å². The zero-order chi connectivity index (χ0) is 16.4. The molecule has 1 aromatic heterocycles. The highest BCUT2D eigenvalue weighted by atomic mass is 32.2. The number of anilines is 1. The lowest BCUT2D eigenvalue weighted by molar-refractivity contribution is 0.208. The van der Waals surface area contributed by atoms with Crippen LogP contribution in [0.5, 0.6) is 0 Å². The highest BCUT2D eigenvalue weighted by Crippen LogP contribution is 2.32. The maximum Gasteiger partial charge on any atom is 0.181 e. The van der Waals surface area contributed by atoms with Crippen LogP contribution in [-0.4, -0.2) is 36.6 Å². The molecule has 1 aliphatic heterocycles. The van der Waals surface area contributed by atoms with Crippen molar-refractivity contribution in [3.8, 4) is 0 Å². The molecule has 0 bridgehead atoms. The molecule has 1 aromatic carbocycles. The first-order valence-electron chi connectivity index (χ1n) is 7.65. The third-order valence-corrected chi connectivity index (χ3v) is 4.79. The Labute approximate surface area is 140 Å². The molecule has 2 unspecified atom stereocenters. The molecule has 122 valence electrons. The summed E-state index contributed by atoms with van der Waals surface area (Å²) in [6, 6.07) is 8.42. The van der Waals surface area contributed by atoms with Gasteiger partial charge in [-0.05, 0) is 43.9 Å². The molecule has 2 atom stereocenters. The maximum absolute atomic E-state index is 4.05. The second-order valence-electron chi connectivity index (χ2n) is 6.61. The van der Waals surface area contributed by atoms with Gasteiger partial charge in [0.1, 0.15) is 0 Å². The van der Waals surface area contributed by atoms with E-state index >= 15 is 0 Å². The van der Waals surface area contributed by atoms with Gasteiger partial charge in [-0.2, -0.15) is 5.21 Å². The Morgan fingerprint density at radius 1 is 1.26 bits per heavy atom. The molecular weight excluding hydrogens is 308 g/mol. The zero-order valence-electron chi connectivity index (χ0n) is 13.8. The number of benzene rings is 1. The van der Waals surface area contributed by atoms with E-state index in [1.54, 1.807) is 11.8 Å². The average molecular weight is 330 g/mol. The first kappa shape index (κ1) is 15.9. The van der Waals surface area contributed by atoms with Gasteiger partial charge in [-0.3, -0.25) is 0 Å². The number of rotatable bonds is 4. The van der Waals surface area contributed by atoms with Crippen LogP contribution >= 0.6 is 11.8 Å². The number of hydrogen-bond acceptors (Lipinski definition) is 6. The van der Waals surface area contributed by atoms with Crippen molar-refractivity contribution in [2.45, 2.75) is 44.6 Å². The van der Waals surface area contributed by atoms with Crippen LogP contribution in [-0.2, 0) is 0 Å². The molecule has 2 N–H and O–H groups in total. The van der Waals surface area contributed by atoms with Gasteiger partial charge in [0, 0.05) is 23.3 Å². The summed E-state index contributed by atoms with van der Waals surface area (Å²) < 4.78 is 0. The van der Waals surface area contributed by atoms with Crippen LogP contribution in [0, 0.1) is 0 Å². The van der Waals surface area contributed by atoms with Crippen LogP contribution in [0.1, 0.15) is 45.0 Å². The normalized spacial score (nSPS) is 19.1. The first-order chi connectivity index (χ1) is 10.9. The Bertz CT molecular complexity index is 659. The minimum absolute atomic E-state index is 0.0880. The molecule has 0 radical (unpaired) electrons. The van der Waals surface area contributed by atoms with Gasteiger partial charge in [0.2, 0.25) is 0 Å². The first-order valence-corrected chi connectivity index (χ1v) is 8.60.